The van der Waals surface area contributed by atoms with E-state index in [1.807, 2.05) is 24.3 Å². The smallest absolute Gasteiger partial charge is 0.306 e. The van der Waals surface area contributed by atoms with Crippen molar-refractivity contribution in [3.63, 3.8) is 0 Å². The molecular weight excluding hydrogens is 300 g/mol. The maximum Gasteiger partial charge on any atom is 0.306 e. The third-order valence-electron chi connectivity index (χ3n) is 4.19. The standard InChI is InChI=1S/C21H26O3/c1-3-4-14-24-20-13-12-18(17-8-6-5-7-9-17)15-19(20)11-10-16(2)21(22)23/h5-9,12-13,15-16H,3-4,10-11,14H2,1-2H3,(H,22,23). The van der Waals surface area contributed by atoms with E-state index in [1.54, 1.807) is 6.92 Å². The second-order valence-electron chi connectivity index (χ2n) is 6.17. The van der Waals surface area contributed by atoms with Crippen LogP contribution in [0.25, 0.3) is 11.1 Å². The molecule has 2 aromatic carbocycles. The lowest BCUT2D eigenvalue weighted by molar-refractivity contribution is -0.141. The molecule has 0 heterocycles. The fraction of sp³-hybridized carbons (Fsp3) is 0.381. The van der Waals surface area contributed by atoms with Crippen LogP contribution in [0.5, 0.6) is 5.75 Å². The summed E-state index contributed by atoms with van der Waals surface area (Å²) >= 11 is 0. The Bertz CT molecular complexity index is 649. The summed E-state index contributed by atoms with van der Waals surface area (Å²) in [6, 6.07) is 16.4. The van der Waals surface area contributed by atoms with Crippen molar-refractivity contribution in [2.45, 2.75) is 39.5 Å². The molecular formula is C21H26O3. The number of aliphatic carboxylic acids is 1. The average molecular weight is 326 g/mol. The van der Waals surface area contributed by atoms with Crippen molar-refractivity contribution < 1.29 is 14.6 Å². The molecule has 0 aliphatic rings. The number of ether oxygens (including phenoxy) is 1. The Morgan fingerprint density at radius 1 is 1.12 bits per heavy atom. The van der Waals surface area contributed by atoms with Crippen LogP contribution in [0.4, 0.5) is 0 Å². The van der Waals surface area contributed by atoms with E-state index in [1.165, 1.54) is 0 Å². The van der Waals surface area contributed by atoms with Crippen molar-refractivity contribution in [2.24, 2.45) is 5.92 Å². The third-order valence-corrected chi connectivity index (χ3v) is 4.19. The first-order chi connectivity index (χ1) is 11.6. The summed E-state index contributed by atoms with van der Waals surface area (Å²) in [6.07, 6.45) is 3.42. The molecule has 24 heavy (non-hydrogen) atoms. The number of benzene rings is 2. The zero-order valence-electron chi connectivity index (χ0n) is 14.5. The number of carbonyl (C=O) groups is 1. The number of hydrogen-bond acceptors (Lipinski definition) is 2. The van der Waals surface area contributed by atoms with Gasteiger partial charge in [0, 0.05) is 0 Å². The molecule has 0 aliphatic heterocycles. The predicted molar refractivity (Wildman–Crippen MR) is 97.4 cm³/mol. The molecule has 1 N–H and O–H groups in total. The average Bonchev–Trinajstić information content (AvgIpc) is 2.61. The molecule has 0 bridgehead atoms. The van der Waals surface area contributed by atoms with Crippen molar-refractivity contribution in [1.29, 1.82) is 0 Å². The van der Waals surface area contributed by atoms with Crippen LogP contribution in [-0.4, -0.2) is 17.7 Å². The monoisotopic (exact) mass is 326 g/mol. The Kier molecular flexibility index (Phi) is 6.86. The van der Waals surface area contributed by atoms with Crippen LogP contribution < -0.4 is 4.74 Å². The summed E-state index contributed by atoms with van der Waals surface area (Å²) in [4.78, 5) is 11.1. The first-order valence-corrected chi connectivity index (χ1v) is 8.65. The Balaban J connectivity index is 2.21. The van der Waals surface area contributed by atoms with Crippen LogP contribution in [0.2, 0.25) is 0 Å². The van der Waals surface area contributed by atoms with E-state index in [2.05, 4.69) is 31.2 Å². The van der Waals surface area contributed by atoms with Crippen LogP contribution >= 0.6 is 0 Å². The summed E-state index contributed by atoms with van der Waals surface area (Å²) < 4.78 is 5.91. The SMILES string of the molecule is CCCCOc1ccc(-c2ccccc2)cc1CCC(C)C(=O)O. The Morgan fingerprint density at radius 3 is 2.54 bits per heavy atom. The maximum absolute atomic E-state index is 11.1. The molecule has 3 heteroatoms. The van der Waals surface area contributed by atoms with Gasteiger partial charge in [-0.2, -0.15) is 0 Å². The van der Waals surface area contributed by atoms with E-state index in [0.29, 0.717) is 19.4 Å². The van der Waals surface area contributed by atoms with Crippen LogP contribution in [0.15, 0.2) is 48.5 Å². The first-order valence-electron chi connectivity index (χ1n) is 8.65. The molecule has 3 nitrogen and oxygen atoms in total. The number of aryl methyl sites for hydroxylation is 1. The van der Waals surface area contributed by atoms with Gasteiger partial charge in [-0.1, -0.05) is 56.7 Å². The van der Waals surface area contributed by atoms with Gasteiger partial charge in [0.2, 0.25) is 0 Å². The number of carboxylic acids is 1. The summed E-state index contributed by atoms with van der Waals surface area (Å²) in [5.74, 6) is -0.225. The maximum atomic E-state index is 11.1. The lowest BCUT2D eigenvalue weighted by Gasteiger charge is -2.14. The van der Waals surface area contributed by atoms with E-state index in [4.69, 9.17) is 9.84 Å². The Hall–Kier alpha value is -2.29. The number of unbranched alkanes of at least 4 members (excludes halogenated alkanes) is 1. The van der Waals surface area contributed by atoms with Crippen molar-refractivity contribution in [2.75, 3.05) is 6.61 Å². The molecule has 128 valence electrons. The molecule has 0 aliphatic carbocycles. The minimum absolute atomic E-state index is 0.353. The van der Waals surface area contributed by atoms with Crippen LogP contribution in [0.3, 0.4) is 0 Å². The first kappa shape index (κ1) is 18.1. The highest BCUT2D eigenvalue weighted by Crippen LogP contribution is 2.28. The highest BCUT2D eigenvalue weighted by atomic mass is 16.5. The third kappa shape index (κ3) is 5.12. The van der Waals surface area contributed by atoms with Gasteiger partial charge < -0.3 is 9.84 Å². The van der Waals surface area contributed by atoms with Gasteiger partial charge in [-0.15, -0.1) is 0 Å². The number of carboxylic acid groups (broad SMARTS) is 1. The largest absolute Gasteiger partial charge is 0.493 e. The van der Waals surface area contributed by atoms with Gasteiger partial charge >= 0.3 is 5.97 Å². The minimum atomic E-state index is -0.748. The molecule has 0 radical (unpaired) electrons. The topological polar surface area (TPSA) is 46.5 Å². The molecule has 1 unspecified atom stereocenters. The van der Waals surface area contributed by atoms with Gasteiger partial charge in [0.05, 0.1) is 12.5 Å². The molecule has 0 aromatic heterocycles. The lowest BCUT2D eigenvalue weighted by Crippen LogP contribution is -2.10. The van der Waals surface area contributed by atoms with Gasteiger partial charge in [-0.05, 0) is 48.1 Å². The highest BCUT2D eigenvalue weighted by Gasteiger charge is 2.13. The summed E-state index contributed by atoms with van der Waals surface area (Å²) in [7, 11) is 0. The minimum Gasteiger partial charge on any atom is -0.493 e. The molecule has 0 saturated carbocycles. The van der Waals surface area contributed by atoms with E-state index < -0.39 is 5.97 Å². The van der Waals surface area contributed by atoms with Crippen LogP contribution in [0.1, 0.15) is 38.7 Å². The Labute approximate surface area is 144 Å². The molecule has 1 atom stereocenters. The van der Waals surface area contributed by atoms with E-state index in [0.717, 1.165) is 35.3 Å². The zero-order chi connectivity index (χ0) is 17.4. The van der Waals surface area contributed by atoms with Gasteiger partial charge in [0.25, 0.3) is 0 Å². The van der Waals surface area contributed by atoms with E-state index >= 15 is 0 Å². The van der Waals surface area contributed by atoms with E-state index in [-0.39, 0.29) is 5.92 Å². The fourth-order valence-corrected chi connectivity index (χ4v) is 2.55. The van der Waals surface area contributed by atoms with E-state index in [9.17, 15) is 4.79 Å². The second-order valence-corrected chi connectivity index (χ2v) is 6.17. The summed E-state index contributed by atoms with van der Waals surface area (Å²) in [5, 5.41) is 9.10. The second kappa shape index (κ2) is 9.11. The number of hydrogen-bond donors (Lipinski definition) is 1. The van der Waals surface area contributed by atoms with Crippen molar-refractivity contribution >= 4 is 5.97 Å². The molecule has 2 aromatic rings. The normalized spacial score (nSPS) is 11.9. The van der Waals surface area contributed by atoms with Crippen molar-refractivity contribution in [3.05, 3.63) is 54.1 Å². The lowest BCUT2D eigenvalue weighted by atomic mass is 9.97. The molecule has 0 spiro atoms. The predicted octanol–water partition coefficient (Wildman–Crippen LogP) is 5.19. The fourth-order valence-electron chi connectivity index (χ4n) is 2.55. The molecule has 2 rings (SSSR count). The highest BCUT2D eigenvalue weighted by molar-refractivity contribution is 5.69. The van der Waals surface area contributed by atoms with Crippen LogP contribution in [0, 0.1) is 5.92 Å². The van der Waals surface area contributed by atoms with Crippen LogP contribution in [-0.2, 0) is 11.2 Å². The Morgan fingerprint density at radius 2 is 1.88 bits per heavy atom. The molecule has 0 amide bonds. The van der Waals surface area contributed by atoms with Gasteiger partial charge in [0.1, 0.15) is 5.75 Å². The van der Waals surface area contributed by atoms with Gasteiger partial charge in [0.15, 0.2) is 0 Å². The van der Waals surface area contributed by atoms with Crippen molar-refractivity contribution in [1.82, 2.24) is 0 Å². The molecule has 0 fully saturated rings. The summed E-state index contributed by atoms with van der Waals surface area (Å²) in [5.41, 5.74) is 3.38. The summed E-state index contributed by atoms with van der Waals surface area (Å²) in [6.45, 7) is 4.58. The number of rotatable bonds is 9. The zero-order valence-corrected chi connectivity index (χ0v) is 14.5. The van der Waals surface area contributed by atoms with Gasteiger partial charge in [-0.3, -0.25) is 4.79 Å². The molecule has 0 saturated heterocycles. The van der Waals surface area contributed by atoms with Gasteiger partial charge in [-0.25, -0.2) is 0 Å². The van der Waals surface area contributed by atoms with Crippen molar-refractivity contribution in [3.8, 4) is 16.9 Å². The quantitative estimate of drug-likeness (QED) is 0.645.